The summed E-state index contributed by atoms with van der Waals surface area (Å²) in [5, 5.41) is 0. The standard InChI is InChI=1S/C7H14N2OS/c8-7(10)6-2-1-3-9(6)4-5-11/h6,11H,1-5H2,(H2,8,10)/t6-/m1/s1. The van der Waals surface area contributed by atoms with Gasteiger partial charge in [-0.1, -0.05) is 0 Å². The van der Waals surface area contributed by atoms with Gasteiger partial charge in [0, 0.05) is 12.3 Å². The molecule has 0 spiro atoms. The monoisotopic (exact) mass is 174 g/mol. The van der Waals surface area contributed by atoms with Crippen molar-refractivity contribution < 1.29 is 4.79 Å². The largest absolute Gasteiger partial charge is 0.368 e. The minimum atomic E-state index is -0.190. The number of nitrogens with zero attached hydrogens (tertiary/aromatic N) is 1. The zero-order valence-corrected chi connectivity index (χ0v) is 7.39. The van der Waals surface area contributed by atoms with E-state index in [0.29, 0.717) is 0 Å². The number of hydrogen-bond acceptors (Lipinski definition) is 3. The zero-order chi connectivity index (χ0) is 8.27. The van der Waals surface area contributed by atoms with E-state index in [1.54, 1.807) is 0 Å². The Morgan fingerprint density at radius 3 is 3.00 bits per heavy atom. The third kappa shape index (κ3) is 2.10. The first-order chi connectivity index (χ1) is 5.25. The number of nitrogens with two attached hydrogens (primary N) is 1. The number of rotatable bonds is 3. The summed E-state index contributed by atoms with van der Waals surface area (Å²) in [7, 11) is 0. The summed E-state index contributed by atoms with van der Waals surface area (Å²) in [6, 6.07) is -0.0258. The van der Waals surface area contributed by atoms with Crippen molar-refractivity contribution in [3.8, 4) is 0 Å². The van der Waals surface area contributed by atoms with E-state index in [0.717, 1.165) is 31.7 Å². The molecule has 0 saturated carbocycles. The van der Waals surface area contributed by atoms with Crippen LogP contribution in [0.5, 0.6) is 0 Å². The van der Waals surface area contributed by atoms with Crippen LogP contribution in [0.2, 0.25) is 0 Å². The zero-order valence-electron chi connectivity index (χ0n) is 6.49. The van der Waals surface area contributed by atoms with Crippen molar-refractivity contribution >= 4 is 18.5 Å². The lowest BCUT2D eigenvalue weighted by Gasteiger charge is -2.20. The summed E-state index contributed by atoms with van der Waals surface area (Å²) >= 11 is 4.11. The molecule has 1 atom stereocenters. The van der Waals surface area contributed by atoms with E-state index >= 15 is 0 Å². The summed E-state index contributed by atoms with van der Waals surface area (Å²) in [6.45, 7) is 1.87. The SMILES string of the molecule is NC(=O)[C@H]1CCCN1CCS. The van der Waals surface area contributed by atoms with Gasteiger partial charge in [0.2, 0.25) is 5.91 Å². The van der Waals surface area contributed by atoms with Crippen LogP contribution in [0.1, 0.15) is 12.8 Å². The van der Waals surface area contributed by atoms with Crippen molar-refractivity contribution in [1.82, 2.24) is 4.90 Å². The highest BCUT2D eigenvalue weighted by atomic mass is 32.1. The second-order valence-corrected chi connectivity index (χ2v) is 3.27. The Morgan fingerprint density at radius 1 is 1.73 bits per heavy atom. The Bertz CT molecular complexity index is 151. The van der Waals surface area contributed by atoms with E-state index in [9.17, 15) is 4.79 Å². The number of primary amides is 1. The number of thiol groups is 1. The fraction of sp³-hybridized carbons (Fsp3) is 0.857. The second-order valence-electron chi connectivity index (χ2n) is 2.82. The van der Waals surface area contributed by atoms with E-state index in [-0.39, 0.29) is 11.9 Å². The fourth-order valence-electron chi connectivity index (χ4n) is 1.54. The smallest absolute Gasteiger partial charge is 0.234 e. The van der Waals surface area contributed by atoms with Crippen LogP contribution in [0.3, 0.4) is 0 Å². The number of carbonyl (C=O) groups is 1. The van der Waals surface area contributed by atoms with Crippen LogP contribution in [0.15, 0.2) is 0 Å². The molecule has 1 amide bonds. The van der Waals surface area contributed by atoms with Crippen molar-refractivity contribution in [2.75, 3.05) is 18.8 Å². The third-order valence-corrected chi connectivity index (χ3v) is 2.28. The van der Waals surface area contributed by atoms with Crippen LogP contribution in [0.4, 0.5) is 0 Å². The molecular weight excluding hydrogens is 160 g/mol. The van der Waals surface area contributed by atoms with Gasteiger partial charge in [-0.05, 0) is 19.4 Å². The molecule has 0 unspecified atom stereocenters. The van der Waals surface area contributed by atoms with Gasteiger partial charge in [-0.3, -0.25) is 9.69 Å². The van der Waals surface area contributed by atoms with E-state index in [1.165, 1.54) is 0 Å². The van der Waals surface area contributed by atoms with E-state index in [1.807, 2.05) is 0 Å². The van der Waals surface area contributed by atoms with Crippen LogP contribution >= 0.6 is 12.6 Å². The Kier molecular flexibility index (Phi) is 3.20. The average molecular weight is 174 g/mol. The normalized spacial score (nSPS) is 25.7. The molecule has 0 aliphatic carbocycles. The number of carbonyl (C=O) groups excluding carboxylic acids is 1. The van der Waals surface area contributed by atoms with Gasteiger partial charge in [0.05, 0.1) is 6.04 Å². The van der Waals surface area contributed by atoms with Crippen molar-refractivity contribution in [2.24, 2.45) is 5.73 Å². The molecular formula is C7H14N2OS. The predicted octanol–water partition coefficient (Wildman–Crippen LogP) is -0.134. The second kappa shape index (κ2) is 3.97. The first kappa shape index (κ1) is 8.87. The van der Waals surface area contributed by atoms with Crippen LogP contribution in [-0.4, -0.2) is 35.7 Å². The lowest BCUT2D eigenvalue weighted by molar-refractivity contribution is -0.122. The predicted molar refractivity (Wildman–Crippen MR) is 47.6 cm³/mol. The molecule has 0 aromatic carbocycles. The average Bonchev–Trinajstić information content (AvgIpc) is 2.36. The number of amides is 1. The summed E-state index contributed by atoms with van der Waals surface area (Å²) in [5.41, 5.74) is 5.21. The van der Waals surface area contributed by atoms with Crippen molar-refractivity contribution in [3.63, 3.8) is 0 Å². The molecule has 1 aliphatic heterocycles. The Balaban J connectivity index is 2.44. The molecule has 1 aliphatic rings. The molecule has 1 fully saturated rings. The van der Waals surface area contributed by atoms with Gasteiger partial charge < -0.3 is 5.73 Å². The summed E-state index contributed by atoms with van der Waals surface area (Å²) < 4.78 is 0. The van der Waals surface area contributed by atoms with Crippen LogP contribution in [0.25, 0.3) is 0 Å². The van der Waals surface area contributed by atoms with Crippen molar-refractivity contribution in [3.05, 3.63) is 0 Å². The highest BCUT2D eigenvalue weighted by molar-refractivity contribution is 7.80. The molecule has 11 heavy (non-hydrogen) atoms. The van der Waals surface area contributed by atoms with Gasteiger partial charge in [-0.2, -0.15) is 12.6 Å². The Hall–Kier alpha value is -0.220. The topological polar surface area (TPSA) is 46.3 Å². The van der Waals surface area contributed by atoms with Gasteiger partial charge in [0.1, 0.15) is 0 Å². The summed E-state index contributed by atoms with van der Waals surface area (Å²) in [5.74, 6) is 0.605. The lowest BCUT2D eigenvalue weighted by Crippen LogP contribution is -2.41. The number of likely N-dealkylation sites (tertiary alicyclic amines) is 1. The van der Waals surface area contributed by atoms with Crippen LogP contribution in [-0.2, 0) is 4.79 Å². The lowest BCUT2D eigenvalue weighted by atomic mass is 10.2. The number of hydrogen-bond donors (Lipinski definition) is 2. The van der Waals surface area contributed by atoms with E-state index < -0.39 is 0 Å². The fourth-order valence-corrected chi connectivity index (χ4v) is 1.80. The third-order valence-electron chi connectivity index (χ3n) is 2.08. The molecule has 1 saturated heterocycles. The maximum Gasteiger partial charge on any atom is 0.234 e. The van der Waals surface area contributed by atoms with Gasteiger partial charge in [0.15, 0.2) is 0 Å². The molecule has 3 nitrogen and oxygen atoms in total. The molecule has 4 heteroatoms. The maximum absolute atomic E-state index is 10.8. The minimum Gasteiger partial charge on any atom is -0.368 e. The van der Waals surface area contributed by atoms with Crippen LogP contribution < -0.4 is 5.73 Å². The maximum atomic E-state index is 10.8. The molecule has 2 N–H and O–H groups in total. The first-order valence-electron chi connectivity index (χ1n) is 3.90. The van der Waals surface area contributed by atoms with Gasteiger partial charge >= 0.3 is 0 Å². The molecule has 64 valence electrons. The highest BCUT2D eigenvalue weighted by Crippen LogP contribution is 2.15. The first-order valence-corrected chi connectivity index (χ1v) is 4.53. The van der Waals surface area contributed by atoms with Gasteiger partial charge in [0.25, 0.3) is 0 Å². The van der Waals surface area contributed by atoms with Crippen molar-refractivity contribution in [1.29, 1.82) is 0 Å². The van der Waals surface area contributed by atoms with Crippen molar-refractivity contribution in [2.45, 2.75) is 18.9 Å². The van der Waals surface area contributed by atoms with Crippen LogP contribution in [0, 0.1) is 0 Å². The quantitative estimate of drug-likeness (QED) is 0.585. The summed E-state index contributed by atoms with van der Waals surface area (Å²) in [6.07, 6.45) is 2.00. The Morgan fingerprint density at radius 2 is 2.45 bits per heavy atom. The molecule has 1 heterocycles. The molecule has 1 rings (SSSR count). The molecule has 0 aromatic heterocycles. The molecule has 0 radical (unpaired) electrons. The molecule has 0 aromatic rings. The molecule has 0 bridgehead atoms. The minimum absolute atomic E-state index is 0.0258. The van der Waals surface area contributed by atoms with E-state index in [4.69, 9.17) is 5.73 Å². The highest BCUT2D eigenvalue weighted by Gasteiger charge is 2.27. The summed E-state index contributed by atoms with van der Waals surface area (Å²) in [4.78, 5) is 12.9. The van der Waals surface area contributed by atoms with E-state index in [2.05, 4.69) is 17.5 Å². The Labute approximate surface area is 72.3 Å². The van der Waals surface area contributed by atoms with Gasteiger partial charge in [-0.25, -0.2) is 0 Å². The van der Waals surface area contributed by atoms with Gasteiger partial charge in [-0.15, -0.1) is 0 Å².